The highest BCUT2D eigenvalue weighted by Crippen LogP contribution is 2.50. The lowest BCUT2D eigenvalue weighted by Gasteiger charge is -2.17. The van der Waals surface area contributed by atoms with Crippen molar-refractivity contribution in [2.75, 3.05) is 0 Å². The zero-order chi connectivity index (χ0) is 44.7. The van der Waals surface area contributed by atoms with Crippen molar-refractivity contribution >= 4 is 75.9 Å². The van der Waals surface area contributed by atoms with Crippen LogP contribution in [-0.4, -0.2) is 24.1 Å². The van der Waals surface area contributed by atoms with Crippen molar-refractivity contribution in [3.05, 3.63) is 237 Å². The Labute approximate surface area is 391 Å². The number of rotatable bonds is 6. The van der Waals surface area contributed by atoms with E-state index in [-0.39, 0.29) is 0 Å². The third-order valence-corrected chi connectivity index (χ3v) is 13.7. The molecule has 0 N–H and O–H groups in total. The van der Waals surface area contributed by atoms with Gasteiger partial charge in [-0.1, -0.05) is 188 Å². The van der Waals surface area contributed by atoms with E-state index in [0.717, 1.165) is 33.6 Å². The number of nitrogens with zero attached hydrogens (tertiary/aromatic N) is 5. The standard InChI is InChI=1S/C63H39N5/c1-4-18-40(19-5-1)41-32-36-45(37-33-41)67-53-30-16-14-28-51(53)56-58-55(47-24-10-12-26-49(47)59(56)67)48-25-11-13-27-50(48)60-57(58)52-29-15-17-31-54(52)68(60)46-38-34-44(35-39-46)63-65-61(42-20-6-2-7-21-42)64-62(66-63)43-22-8-3-9-23-43/h1-39H. The second-order valence-corrected chi connectivity index (χ2v) is 17.5. The Morgan fingerprint density at radius 2 is 0.529 bits per heavy atom. The van der Waals surface area contributed by atoms with Gasteiger partial charge >= 0.3 is 0 Å². The minimum absolute atomic E-state index is 0.628. The first-order valence-electron chi connectivity index (χ1n) is 23.1. The average Bonchev–Trinajstić information content (AvgIpc) is 3.96. The van der Waals surface area contributed by atoms with Gasteiger partial charge in [0.25, 0.3) is 0 Å². The number of para-hydroxylation sites is 2. The van der Waals surface area contributed by atoms with E-state index in [0.29, 0.717) is 17.5 Å². The fraction of sp³-hybridized carbons (Fsp3) is 0. The van der Waals surface area contributed by atoms with Crippen LogP contribution >= 0.6 is 0 Å². The molecule has 0 fully saturated rings. The zero-order valence-electron chi connectivity index (χ0n) is 36.8. The van der Waals surface area contributed by atoms with Crippen LogP contribution in [0.5, 0.6) is 0 Å². The first-order valence-corrected chi connectivity index (χ1v) is 23.1. The average molecular weight is 866 g/mol. The summed E-state index contributed by atoms with van der Waals surface area (Å²) >= 11 is 0. The van der Waals surface area contributed by atoms with E-state index >= 15 is 0 Å². The van der Waals surface area contributed by atoms with Crippen molar-refractivity contribution < 1.29 is 0 Å². The predicted molar refractivity (Wildman–Crippen MR) is 283 cm³/mol. The summed E-state index contributed by atoms with van der Waals surface area (Å²) in [5.74, 6) is 1.91. The van der Waals surface area contributed by atoms with Crippen LogP contribution in [0.1, 0.15) is 0 Å². The summed E-state index contributed by atoms with van der Waals surface area (Å²) in [5.41, 5.74) is 12.1. The number of hydrogen-bond donors (Lipinski definition) is 0. The molecule has 14 aromatic rings. The molecule has 3 aromatic heterocycles. The normalized spacial score (nSPS) is 11.8. The van der Waals surface area contributed by atoms with E-state index in [4.69, 9.17) is 15.0 Å². The van der Waals surface area contributed by atoms with E-state index in [2.05, 4.69) is 185 Å². The Bertz CT molecular complexity index is 4210. The topological polar surface area (TPSA) is 48.5 Å². The van der Waals surface area contributed by atoms with E-state index in [9.17, 15) is 0 Å². The molecule has 0 aliphatic rings. The predicted octanol–water partition coefficient (Wildman–Crippen LogP) is 16.2. The molecule has 11 aromatic carbocycles. The maximum atomic E-state index is 5.06. The molecular formula is C63H39N5. The third kappa shape index (κ3) is 5.79. The minimum atomic E-state index is 0.628. The molecule has 316 valence electrons. The Morgan fingerprint density at radius 3 is 0.956 bits per heavy atom. The summed E-state index contributed by atoms with van der Waals surface area (Å²) in [5, 5.41) is 12.4. The van der Waals surface area contributed by atoms with Crippen molar-refractivity contribution in [1.29, 1.82) is 0 Å². The SMILES string of the molecule is c1ccc(-c2ccc(-n3c4ccccc4c4c5c(c6ccccc6c43)c3ccccc3c3c5c4ccccc4n3-c3ccc(-c4nc(-c5ccccc5)nc(-c5ccccc5)n4)cc3)cc2)cc1. The molecule has 0 bridgehead atoms. The molecule has 3 heterocycles. The second-order valence-electron chi connectivity index (χ2n) is 17.5. The van der Waals surface area contributed by atoms with Crippen LogP contribution in [0.25, 0.3) is 133 Å². The molecule has 0 aliphatic carbocycles. The smallest absolute Gasteiger partial charge is 0.164 e. The molecular weight excluding hydrogens is 827 g/mol. The van der Waals surface area contributed by atoms with Gasteiger partial charge in [0.2, 0.25) is 0 Å². The second kappa shape index (κ2) is 15.2. The van der Waals surface area contributed by atoms with Gasteiger partial charge in [-0.05, 0) is 75.8 Å². The van der Waals surface area contributed by atoms with Crippen LogP contribution in [0.2, 0.25) is 0 Å². The molecule has 5 nitrogen and oxygen atoms in total. The molecule has 0 amide bonds. The molecule has 0 atom stereocenters. The van der Waals surface area contributed by atoms with Crippen molar-refractivity contribution in [2.45, 2.75) is 0 Å². The van der Waals surface area contributed by atoms with E-state index < -0.39 is 0 Å². The Morgan fingerprint density at radius 1 is 0.221 bits per heavy atom. The van der Waals surface area contributed by atoms with Gasteiger partial charge in [0.1, 0.15) is 0 Å². The van der Waals surface area contributed by atoms with Gasteiger partial charge in [-0.2, -0.15) is 0 Å². The lowest BCUT2D eigenvalue weighted by Crippen LogP contribution is -2.00. The molecule has 68 heavy (non-hydrogen) atoms. The first kappa shape index (κ1) is 38.1. The Balaban J connectivity index is 1.05. The summed E-state index contributed by atoms with van der Waals surface area (Å²) in [6.07, 6.45) is 0. The Hall–Kier alpha value is -9.19. The van der Waals surface area contributed by atoms with Gasteiger partial charge in [-0.3, -0.25) is 0 Å². The van der Waals surface area contributed by atoms with Gasteiger partial charge in [0.05, 0.1) is 22.1 Å². The molecule has 0 spiro atoms. The van der Waals surface area contributed by atoms with Crippen molar-refractivity contribution in [2.24, 2.45) is 0 Å². The number of aromatic nitrogens is 5. The fourth-order valence-corrected chi connectivity index (χ4v) is 10.8. The lowest BCUT2D eigenvalue weighted by molar-refractivity contribution is 1.07. The van der Waals surface area contributed by atoms with Crippen LogP contribution in [0.3, 0.4) is 0 Å². The largest absolute Gasteiger partial charge is 0.309 e. The number of fused-ring (bicyclic) bond motifs is 15. The number of benzene rings is 11. The van der Waals surface area contributed by atoms with Crippen molar-refractivity contribution in [1.82, 2.24) is 24.1 Å². The van der Waals surface area contributed by atoms with Gasteiger partial charge in [-0.15, -0.1) is 0 Å². The first-order chi connectivity index (χ1) is 33.8. The van der Waals surface area contributed by atoms with E-state index in [1.807, 2.05) is 60.7 Å². The number of hydrogen-bond acceptors (Lipinski definition) is 3. The fourth-order valence-electron chi connectivity index (χ4n) is 10.8. The van der Waals surface area contributed by atoms with Crippen molar-refractivity contribution in [3.63, 3.8) is 0 Å². The van der Waals surface area contributed by atoms with Crippen molar-refractivity contribution in [3.8, 4) is 56.7 Å². The van der Waals surface area contributed by atoms with E-state index in [1.54, 1.807) is 0 Å². The van der Waals surface area contributed by atoms with Crippen LogP contribution in [0.4, 0.5) is 0 Å². The zero-order valence-corrected chi connectivity index (χ0v) is 36.8. The highest BCUT2D eigenvalue weighted by molar-refractivity contribution is 6.45. The summed E-state index contributed by atoms with van der Waals surface area (Å²) in [6, 6.07) is 84.6. The molecule has 14 rings (SSSR count). The van der Waals surface area contributed by atoms with Crippen LogP contribution in [-0.2, 0) is 0 Å². The van der Waals surface area contributed by atoms with Gasteiger partial charge < -0.3 is 9.13 Å². The molecule has 0 saturated heterocycles. The van der Waals surface area contributed by atoms with Crippen LogP contribution < -0.4 is 0 Å². The molecule has 5 heteroatoms. The summed E-state index contributed by atoms with van der Waals surface area (Å²) in [6.45, 7) is 0. The minimum Gasteiger partial charge on any atom is -0.309 e. The van der Waals surface area contributed by atoms with Crippen LogP contribution in [0.15, 0.2) is 237 Å². The Kier molecular flexibility index (Phi) is 8.52. The molecule has 0 unspecified atom stereocenters. The third-order valence-electron chi connectivity index (χ3n) is 13.7. The highest BCUT2D eigenvalue weighted by atomic mass is 15.0. The molecule has 0 saturated carbocycles. The summed E-state index contributed by atoms with van der Waals surface area (Å²) < 4.78 is 4.96. The summed E-state index contributed by atoms with van der Waals surface area (Å²) in [7, 11) is 0. The van der Waals surface area contributed by atoms with Gasteiger partial charge in [0.15, 0.2) is 17.5 Å². The van der Waals surface area contributed by atoms with E-state index in [1.165, 1.54) is 81.5 Å². The quantitative estimate of drug-likeness (QED) is 0.156. The summed E-state index contributed by atoms with van der Waals surface area (Å²) in [4.78, 5) is 15.1. The highest BCUT2D eigenvalue weighted by Gasteiger charge is 2.26. The molecule has 0 radical (unpaired) electrons. The maximum absolute atomic E-state index is 5.06. The molecule has 0 aliphatic heterocycles. The van der Waals surface area contributed by atoms with Gasteiger partial charge in [0, 0.05) is 65.8 Å². The monoisotopic (exact) mass is 865 g/mol. The van der Waals surface area contributed by atoms with Gasteiger partial charge in [-0.25, -0.2) is 15.0 Å². The maximum Gasteiger partial charge on any atom is 0.164 e. The van der Waals surface area contributed by atoms with Crippen LogP contribution in [0, 0.1) is 0 Å². The lowest BCUT2D eigenvalue weighted by atomic mass is 9.89.